The van der Waals surface area contributed by atoms with Gasteiger partial charge in [0.15, 0.2) is 0 Å². The SMILES string of the molecule is Cc1ccc(NC(=O)Cc2cnn(-c3ccccc3)c2)c(F)c1. The zero-order valence-corrected chi connectivity index (χ0v) is 12.7. The number of aromatic nitrogens is 2. The van der Waals surface area contributed by atoms with Gasteiger partial charge in [0.05, 0.1) is 24.0 Å². The van der Waals surface area contributed by atoms with Crippen LogP contribution in [0.25, 0.3) is 5.69 Å². The predicted octanol–water partition coefficient (Wildman–Crippen LogP) is 3.50. The number of rotatable bonds is 4. The Balaban J connectivity index is 1.68. The Bertz CT molecular complexity index is 827. The second-order valence-electron chi connectivity index (χ2n) is 5.34. The van der Waals surface area contributed by atoms with Crippen LogP contribution < -0.4 is 5.32 Å². The van der Waals surface area contributed by atoms with Crippen molar-refractivity contribution in [1.82, 2.24) is 9.78 Å². The van der Waals surface area contributed by atoms with Gasteiger partial charge in [-0.1, -0.05) is 24.3 Å². The van der Waals surface area contributed by atoms with Crippen LogP contribution >= 0.6 is 0 Å². The first-order valence-electron chi connectivity index (χ1n) is 7.27. The highest BCUT2D eigenvalue weighted by Gasteiger charge is 2.10. The highest BCUT2D eigenvalue weighted by atomic mass is 19.1. The van der Waals surface area contributed by atoms with Gasteiger partial charge in [0.1, 0.15) is 5.82 Å². The fourth-order valence-corrected chi connectivity index (χ4v) is 2.27. The van der Waals surface area contributed by atoms with Gasteiger partial charge >= 0.3 is 0 Å². The van der Waals surface area contributed by atoms with Crippen LogP contribution in [0, 0.1) is 12.7 Å². The minimum Gasteiger partial charge on any atom is -0.323 e. The van der Waals surface area contributed by atoms with Gasteiger partial charge < -0.3 is 5.32 Å². The van der Waals surface area contributed by atoms with Gasteiger partial charge in [0.2, 0.25) is 5.91 Å². The van der Waals surface area contributed by atoms with Crippen LogP contribution in [0.2, 0.25) is 0 Å². The van der Waals surface area contributed by atoms with Crippen LogP contribution in [-0.4, -0.2) is 15.7 Å². The van der Waals surface area contributed by atoms with Crippen molar-refractivity contribution >= 4 is 11.6 Å². The first kappa shape index (κ1) is 15.0. The summed E-state index contributed by atoms with van der Waals surface area (Å²) >= 11 is 0. The van der Waals surface area contributed by atoms with Gasteiger partial charge in [0.25, 0.3) is 0 Å². The summed E-state index contributed by atoms with van der Waals surface area (Å²) in [6, 6.07) is 14.3. The summed E-state index contributed by atoms with van der Waals surface area (Å²) in [6.45, 7) is 1.80. The second-order valence-corrected chi connectivity index (χ2v) is 5.34. The molecule has 2 aromatic carbocycles. The molecule has 0 aliphatic carbocycles. The Morgan fingerprint density at radius 3 is 2.74 bits per heavy atom. The normalized spacial score (nSPS) is 10.5. The lowest BCUT2D eigenvalue weighted by Gasteiger charge is -2.06. The summed E-state index contributed by atoms with van der Waals surface area (Å²) in [6.07, 6.45) is 3.57. The number of para-hydroxylation sites is 1. The van der Waals surface area contributed by atoms with E-state index in [1.165, 1.54) is 6.07 Å². The van der Waals surface area contributed by atoms with Crippen LogP contribution in [-0.2, 0) is 11.2 Å². The number of halogens is 1. The monoisotopic (exact) mass is 309 g/mol. The van der Waals surface area contributed by atoms with Crippen LogP contribution in [0.3, 0.4) is 0 Å². The molecule has 0 atom stereocenters. The minimum atomic E-state index is -0.432. The quantitative estimate of drug-likeness (QED) is 0.802. The van der Waals surface area contributed by atoms with E-state index >= 15 is 0 Å². The van der Waals surface area contributed by atoms with Crippen molar-refractivity contribution < 1.29 is 9.18 Å². The van der Waals surface area contributed by atoms with Gasteiger partial charge in [0, 0.05) is 6.20 Å². The third-order valence-electron chi connectivity index (χ3n) is 3.42. The van der Waals surface area contributed by atoms with Crippen molar-refractivity contribution in [3.8, 4) is 5.69 Å². The largest absolute Gasteiger partial charge is 0.323 e. The number of nitrogens with one attached hydrogen (secondary N) is 1. The average Bonchev–Trinajstić information content (AvgIpc) is 2.99. The van der Waals surface area contributed by atoms with E-state index in [1.54, 1.807) is 36.1 Å². The van der Waals surface area contributed by atoms with Gasteiger partial charge in [-0.2, -0.15) is 5.10 Å². The van der Waals surface area contributed by atoms with Crippen molar-refractivity contribution in [3.63, 3.8) is 0 Å². The summed E-state index contributed by atoms with van der Waals surface area (Å²) < 4.78 is 15.4. The number of nitrogens with zero attached hydrogens (tertiary/aromatic N) is 2. The van der Waals surface area contributed by atoms with Crippen LogP contribution in [0.15, 0.2) is 60.9 Å². The molecule has 0 saturated heterocycles. The number of amides is 1. The van der Waals surface area contributed by atoms with E-state index in [0.717, 1.165) is 16.8 Å². The maximum absolute atomic E-state index is 13.7. The Kier molecular flexibility index (Phi) is 4.19. The fraction of sp³-hybridized carbons (Fsp3) is 0.111. The molecular formula is C18H16FN3O. The van der Waals surface area contributed by atoms with Crippen LogP contribution in [0.1, 0.15) is 11.1 Å². The zero-order chi connectivity index (χ0) is 16.2. The Morgan fingerprint density at radius 1 is 1.22 bits per heavy atom. The van der Waals surface area contributed by atoms with Gasteiger partial charge in [-0.15, -0.1) is 0 Å². The van der Waals surface area contributed by atoms with E-state index in [0.29, 0.717) is 0 Å². The summed E-state index contributed by atoms with van der Waals surface area (Å²) in [5, 5.41) is 6.82. The van der Waals surface area contributed by atoms with E-state index in [-0.39, 0.29) is 18.0 Å². The lowest BCUT2D eigenvalue weighted by atomic mass is 10.2. The Hall–Kier alpha value is -2.95. The number of anilines is 1. The summed E-state index contributed by atoms with van der Waals surface area (Å²) in [7, 11) is 0. The molecule has 4 nitrogen and oxygen atoms in total. The number of carbonyl (C=O) groups excluding carboxylic acids is 1. The van der Waals surface area contributed by atoms with Crippen molar-refractivity contribution in [2.24, 2.45) is 0 Å². The predicted molar refractivity (Wildman–Crippen MR) is 87.0 cm³/mol. The third kappa shape index (κ3) is 3.63. The molecule has 5 heteroatoms. The molecule has 0 spiro atoms. The lowest BCUT2D eigenvalue weighted by Crippen LogP contribution is -2.15. The molecule has 0 bridgehead atoms. The van der Waals surface area contributed by atoms with E-state index in [1.807, 2.05) is 30.3 Å². The molecule has 0 unspecified atom stereocenters. The molecular weight excluding hydrogens is 293 g/mol. The van der Waals surface area contributed by atoms with Gasteiger partial charge in [-0.05, 0) is 42.3 Å². The molecule has 3 rings (SSSR count). The van der Waals surface area contributed by atoms with Crippen molar-refractivity contribution in [1.29, 1.82) is 0 Å². The van der Waals surface area contributed by atoms with Crippen molar-refractivity contribution in [2.45, 2.75) is 13.3 Å². The molecule has 1 N–H and O–H groups in total. The zero-order valence-electron chi connectivity index (χ0n) is 12.7. The number of aryl methyl sites for hydroxylation is 1. The molecule has 0 aliphatic heterocycles. The molecule has 0 saturated carbocycles. The summed E-state index contributed by atoms with van der Waals surface area (Å²) in [5.74, 6) is -0.710. The lowest BCUT2D eigenvalue weighted by molar-refractivity contribution is -0.115. The highest BCUT2D eigenvalue weighted by Crippen LogP contribution is 2.16. The van der Waals surface area contributed by atoms with E-state index < -0.39 is 5.82 Å². The Labute approximate surface area is 133 Å². The maximum atomic E-state index is 13.7. The van der Waals surface area contributed by atoms with Crippen LogP contribution in [0.4, 0.5) is 10.1 Å². The second kappa shape index (κ2) is 6.44. The smallest absolute Gasteiger partial charge is 0.228 e. The topological polar surface area (TPSA) is 46.9 Å². The van der Waals surface area contributed by atoms with E-state index in [9.17, 15) is 9.18 Å². The average molecular weight is 309 g/mol. The Morgan fingerprint density at radius 2 is 2.00 bits per heavy atom. The number of hydrogen-bond donors (Lipinski definition) is 1. The van der Waals surface area contributed by atoms with Crippen molar-refractivity contribution in [2.75, 3.05) is 5.32 Å². The van der Waals surface area contributed by atoms with Gasteiger partial charge in [-0.3, -0.25) is 4.79 Å². The van der Waals surface area contributed by atoms with Crippen LogP contribution in [0.5, 0.6) is 0 Å². The minimum absolute atomic E-state index is 0.139. The van der Waals surface area contributed by atoms with Gasteiger partial charge in [-0.25, -0.2) is 9.07 Å². The number of hydrogen-bond acceptors (Lipinski definition) is 2. The standard InChI is InChI=1S/C18H16FN3O/c1-13-7-8-17(16(19)9-13)21-18(23)10-14-11-20-22(12-14)15-5-3-2-4-6-15/h2-9,11-12H,10H2,1H3,(H,21,23). The first-order chi connectivity index (χ1) is 11.1. The number of carbonyl (C=O) groups is 1. The molecule has 0 aliphatic rings. The third-order valence-corrected chi connectivity index (χ3v) is 3.42. The molecule has 1 amide bonds. The molecule has 3 aromatic rings. The summed E-state index contributed by atoms with van der Waals surface area (Å²) in [5.41, 5.74) is 2.68. The highest BCUT2D eigenvalue weighted by molar-refractivity contribution is 5.92. The number of benzene rings is 2. The molecule has 23 heavy (non-hydrogen) atoms. The fourth-order valence-electron chi connectivity index (χ4n) is 2.27. The molecule has 1 aromatic heterocycles. The van der Waals surface area contributed by atoms with Crippen molar-refractivity contribution in [3.05, 3.63) is 77.9 Å². The summed E-state index contributed by atoms with van der Waals surface area (Å²) in [4.78, 5) is 12.0. The molecule has 0 fully saturated rings. The molecule has 0 radical (unpaired) electrons. The maximum Gasteiger partial charge on any atom is 0.228 e. The molecule has 1 heterocycles. The first-order valence-corrected chi connectivity index (χ1v) is 7.27. The van der Waals surface area contributed by atoms with E-state index in [2.05, 4.69) is 10.4 Å². The molecule has 116 valence electrons. The van der Waals surface area contributed by atoms with E-state index in [4.69, 9.17) is 0 Å².